The van der Waals surface area contributed by atoms with Crippen LogP contribution in [-0.4, -0.2) is 35.0 Å². The second kappa shape index (κ2) is 4.74. The van der Waals surface area contributed by atoms with Gasteiger partial charge in [-0.15, -0.1) is 0 Å². The van der Waals surface area contributed by atoms with E-state index in [4.69, 9.17) is 5.73 Å². The van der Waals surface area contributed by atoms with E-state index in [2.05, 4.69) is 29.0 Å². The lowest BCUT2D eigenvalue weighted by molar-refractivity contribution is 0.00746. The Morgan fingerprint density at radius 1 is 1.00 bits per heavy atom. The Bertz CT molecular complexity index is 499. The van der Waals surface area contributed by atoms with Crippen molar-refractivity contribution < 1.29 is 0 Å². The van der Waals surface area contributed by atoms with Crippen molar-refractivity contribution in [2.75, 3.05) is 12.8 Å². The number of nitrogen functional groups attached to an aromatic ring is 1. The van der Waals surface area contributed by atoms with Gasteiger partial charge in [-0.05, 0) is 56.0 Å². The van der Waals surface area contributed by atoms with Crippen molar-refractivity contribution in [2.24, 2.45) is 0 Å². The number of hydrogen-bond donors (Lipinski definition) is 1. The number of fused-ring (bicyclic) bond motifs is 3. The average molecular weight is 271 g/mol. The molecule has 3 aliphatic rings. The fourth-order valence-corrected chi connectivity index (χ4v) is 4.58. The first-order chi connectivity index (χ1) is 9.70. The normalized spacial score (nSPS) is 34.1. The van der Waals surface area contributed by atoms with Crippen molar-refractivity contribution in [1.29, 1.82) is 0 Å². The highest BCUT2D eigenvalue weighted by Crippen LogP contribution is 2.37. The van der Waals surface area contributed by atoms with Crippen LogP contribution in [0.1, 0.15) is 43.2 Å². The fourth-order valence-electron chi connectivity index (χ4n) is 4.58. The van der Waals surface area contributed by atoms with Gasteiger partial charge < -0.3 is 10.6 Å². The van der Waals surface area contributed by atoms with Crippen LogP contribution in [-0.2, 0) is 13.1 Å². The minimum absolute atomic E-state index is 0.773. The van der Waals surface area contributed by atoms with E-state index in [1.54, 1.807) is 0 Å². The molecule has 2 unspecified atom stereocenters. The molecule has 2 fully saturated rings. The van der Waals surface area contributed by atoms with Crippen LogP contribution < -0.4 is 5.73 Å². The zero-order valence-corrected chi connectivity index (χ0v) is 12.4. The Hall–Kier alpha value is -1.06. The lowest BCUT2D eigenvalue weighted by Crippen LogP contribution is -2.54. The van der Waals surface area contributed by atoms with Gasteiger partial charge in [-0.1, -0.05) is 12.5 Å². The molecule has 2 atom stereocenters. The summed E-state index contributed by atoms with van der Waals surface area (Å²) in [5.41, 5.74) is 9.77. The molecule has 0 amide bonds. The Balaban J connectivity index is 1.50. The monoisotopic (exact) mass is 271 g/mol. The number of piperidine rings is 2. The van der Waals surface area contributed by atoms with E-state index in [9.17, 15) is 0 Å². The smallest absolute Gasteiger partial charge is 0.0317 e. The topological polar surface area (TPSA) is 32.5 Å². The molecule has 2 saturated heterocycles. The fraction of sp³-hybridized carbons (Fsp3) is 0.647. The molecule has 3 heteroatoms. The summed E-state index contributed by atoms with van der Waals surface area (Å²) in [7, 11) is 2.34. The van der Waals surface area contributed by atoms with Crippen LogP contribution in [0, 0.1) is 0 Å². The second-order valence-electron chi connectivity index (χ2n) is 6.96. The van der Waals surface area contributed by atoms with E-state index in [1.807, 2.05) is 6.07 Å². The largest absolute Gasteiger partial charge is 0.399 e. The predicted octanol–water partition coefficient (Wildman–Crippen LogP) is 2.60. The molecule has 1 aromatic carbocycles. The van der Waals surface area contributed by atoms with Crippen molar-refractivity contribution in [2.45, 2.75) is 63.3 Å². The van der Waals surface area contributed by atoms with E-state index >= 15 is 0 Å². The number of anilines is 1. The summed E-state index contributed by atoms with van der Waals surface area (Å²) in [5.74, 6) is 0. The van der Waals surface area contributed by atoms with E-state index in [1.165, 1.54) is 43.2 Å². The predicted molar refractivity (Wildman–Crippen MR) is 82.3 cm³/mol. The number of rotatable bonds is 1. The van der Waals surface area contributed by atoms with Crippen LogP contribution in [0.5, 0.6) is 0 Å². The van der Waals surface area contributed by atoms with Crippen LogP contribution in [0.4, 0.5) is 5.69 Å². The first-order valence-electron chi connectivity index (χ1n) is 8.04. The summed E-state index contributed by atoms with van der Waals surface area (Å²) in [6.07, 6.45) is 6.95. The van der Waals surface area contributed by atoms with Crippen molar-refractivity contribution in [3.63, 3.8) is 0 Å². The summed E-state index contributed by atoms with van der Waals surface area (Å²) in [6, 6.07) is 8.86. The van der Waals surface area contributed by atoms with Crippen LogP contribution in [0.3, 0.4) is 0 Å². The molecular weight excluding hydrogens is 246 g/mol. The van der Waals surface area contributed by atoms with Crippen molar-refractivity contribution in [3.8, 4) is 0 Å². The highest BCUT2D eigenvalue weighted by Gasteiger charge is 2.39. The van der Waals surface area contributed by atoms with Crippen molar-refractivity contribution in [3.05, 3.63) is 29.3 Å². The maximum absolute atomic E-state index is 5.92. The molecule has 0 aromatic heterocycles. The standard InChI is InChI=1S/C17H25N3/c1-19-15-3-2-4-16(19)9-17(8-15)20-10-12-5-6-14(18)7-13(12)11-20/h5-7,15-17H,2-4,8-11,18H2,1H3. The molecule has 2 bridgehead atoms. The third-order valence-corrected chi connectivity index (χ3v) is 5.81. The Morgan fingerprint density at radius 2 is 1.70 bits per heavy atom. The molecule has 2 N–H and O–H groups in total. The minimum Gasteiger partial charge on any atom is -0.399 e. The zero-order chi connectivity index (χ0) is 13.7. The van der Waals surface area contributed by atoms with Crippen LogP contribution >= 0.6 is 0 Å². The van der Waals surface area contributed by atoms with Gasteiger partial charge in [-0.2, -0.15) is 0 Å². The number of nitrogens with two attached hydrogens (primary N) is 1. The van der Waals surface area contributed by atoms with Crippen LogP contribution in [0.15, 0.2) is 18.2 Å². The maximum atomic E-state index is 5.92. The highest BCUT2D eigenvalue weighted by molar-refractivity contribution is 5.46. The van der Waals surface area contributed by atoms with Gasteiger partial charge in [0, 0.05) is 36.9 Å². The Kier molecular flexibility index (Phi) is 3.00. The molecule has 1 aromatic rings. The lowest BCUT2D eigenvalue weighted by Gasteiger charge is -2.49. The van der Waals surface area contributed by atoms with Crippen LogP contribution in [0.25, 0.3) is 0 Å². The summed E-state index contributed by atoms with van der Waals surface area (Å²) in [6.45, 7) is 2.23. The van der Waals surface area contributed by atoms with Crippen LogP contribution in [0.2, 0.25) is 0 Å². The summed E-state index contributed by atoms with van der Waals surface area (Å²) in [5, 5.41) is 0. The van der Waals surface area contributed by atoms with Gasteiger partial charge in [0.1, 0.15) is 0 Å². The average Bonchev–Trinajstić information content (AvgIpc) is 2.81. The molecule has 0 aliphatic carbocycles. The van der Waals surface area contributed by atoms with E-state index < -0.39 is 0 Å². The van der Waals surface area contributed by atoms with Gasteiger partial charge in [-0.25, -0.2) is 0 Å². The number of benzene rings is 1. The van der Waals surface area contributed by atoms with Gasteiger partial charge in [0.05, 0.1) is 0 Å². The van der Waals surface area contributed by atoms with Gasteiger partial charge >= 0.3 is 0 Å². The molecule has 3 nitrogen and oxygen atoms in total. The number of hydrogen-bond acceptors (Lipinski definition) is 3. The first kappa shape index (κ1) is 12.7. The summed E-state index contributed by atoms with van der Waals surface area (Å²) in [4.78, 5) is 5.35. The number of nitrogens with zero attached hydrogens (tertiary/aromatic N) is 2. The lowest BCUT2D eigenvalue weighted by atomic mass is 9.82. The molecule has 3 heterocycles. The molecular formula is C17H25N3. The molecule has 4 rings (SSSR count). The van der Waals surface area contributed by atoms with Crippen molar-refractivity contribution in [1.82, 2.24) is 9.80 Å². The van der Waals surface area contributed by atoms with Gasteiger partial charge in [0.2, 0.25) is 0 Å². The molecule has 0 radical (unpaired) electrons. The third-order valence-electron chi connectivity index (χ3n) is 5.81. The zero-order valence-electron chi connectivity index (χ0n) is 12.4. The second-order valence-corrected chi connectivity index (χ2v) is 6.96. The molecule has 108 valence electrons. The quantitative estimate of drug-likeness (QED) is 0.797. The van der Waals surface area contributed by atoms with Gasteiger partial charge in [0.25, 0.3) is 0 Å². The van der Waals surface area contributed by atoms with E-state index in [-0.39, 0.29) is 0 Å². The van der Waals surface area contributed by atoms with Gasteiger partial charge in [0.15, 0.2) is 0 Å². The Morgan fingerprint density at radius 3 is 2.45 bits per heavy atom. The Labute approximate surface area is 121 Å². The van der Waals surface area contributed by atoms with Gasteiger partial charge in [-0.3, -0.25) is 4.90 Å². The summed E-state index contributed by atoms with van der Waals surface area (Å²) < 4.78 is 0. The summed E-state index contributed by atoms with van der Waals surface area (Å²) >= 11 is 0. The first-order valence-corrected chi connectivity index (χ1v) is 8.04. The molecule has 0 spiro atoms. The highest BCUT2D eigenvalue weighted by atomic mass is 15.2. The van der Waals surface area contributed by atoms with E-state index in [0.29, 0.717) is 0 Å². The molecule has 20 heavy (non-hydrogen) atoms. The molecule has 3 aliphatic heterocycles. The van der Waals surface area contributed by atoms with E-state index in [0.717, 1.165) is 36.9 Å². The minimum atomic E-state index is 0.773. The third kappa shape index (κ3) is 2.04. The SMILES string of the molecule is CN1C2CCCC1CC(N1Cc3ccc(N)cc3C1)C2. The van der Waals surface area contributed by atoms with Crippen molar-refractivity contribution >= 4 is 5.69 Å². The molecule has 0 saturated carbocycles. The maximum Gasteiger partial charge on any atom is 0.0317 e.